The zero-order chi connectivity index (χ0) is 26.8. The molecule has 2 saturated heterocycles. The molecule has 0 unspecified atom stereocenters. The third-order valence-electron chi connectivity index (χ3n) is 6.74. The van der Waals surface area contributed by atoms with E-state index in [9.17, 15) is 14.4 Å². The van der Waals surface area contributed by atoms with Crippen LogP contribution >= 0.6 is 0 Å². The zero-order valence-electron chi connectivity index (χ0n) is 21.6. The van der Waals surface area contributed by atoms with Gasteiger partial charge in [0.25, 0.3) is 0 Å². The summed E-state index contributed by atoms with van der Waals surface area (Å²) in [5, 5.41) is 2.95. The summed E-state index contributed by atoms with van der Waals surface area (Å²) in [7, 11) is 0. The highest BCUT2D eigenvalue weighted by atomic mass is 16.7. The van der Waals surface area contributed by atoms with Crippen LogP contribution in [0.1, 0.15) is 32.1 Å². The van der Waals surface area contributed by atoms with E-state index in [1.807, 2.05) is 30.3 Å². The first-order valence-corrected chi connectivity index (χ1v) is 13.1. The molecule has 0 radical (unpaired) electrons. The van der Waals surface area contributed by atoms with Gasteiger partial charge in [-0.05, 0) is 55.8 Å². The van der Waals surface area contributed by atoms with Crippen molar-refractivity contribution in [3.05, 3.63) is 54.6 Å². The van der Waals surface area contributed by atoms with Gasteiger partial charge in [-0.15, -0.1) is 0 Å². The fourth-order valence-corrected chi connectivity index (χ4v) is 4.75. The molecule has 3 amide bonds. The van der Waals surface area contributed by atoms with E-state index in [1.165, 1.54) is 9.80 Å². The van der Waals surface area contributed by atoms with E-state index in [0.29, 0.717) is 49.9 Å². The highest BCUT2D eigenvalue weighted by Crippen LogP contribution is 2.35. The van der Waals surface area contributed by atoms with Crippen molar-refractivity contribution in [2.75, 3.05) is 44.3 Å². The Bertz CT molecular complexity index is 1060. The van der Waals surface area contributed by atoms with Crippen LogP contribution in [0.3, 0.4) is 0 Å². The van der Waals surface area contributed by atoms with Crippen LogP contribution in [-0.4, -0.2) is 74.3 Å². The fraction of sp³-hybridized carbons (Fsp3) is 0.464. The third kappa shape index (κ3) is 7.09. The highest BCUT2D eigenvalue weighted by Gasteiger charge is 2.52. The third-order valence-corrected chi connectivity index (χ3v) is 6.74. The maximum atomic E-state index is 13.4. The van der Waals surface area contributed by atoms with Crippen LogP contribution in [0.4, 0.5) is 5.69 Å². The van der Waals surface area contributed by atoms with E-state index in [1.54, 1.807) is 24.3 Å². The summed E-state index contributed by atoms with van der Waals surface area (Å²) in [6, 6.07) is 15.5. The van der Waals surface area contributed by atoms with Crippen molar-refractivity contribution in [1.82, 2.24) is 10.2 Å². The Morgan fingerprint density at radius 3 is 2.39 bits per heavy atom. The van der Waals surface area contributed by atoms with Gasteiger partial charge in [0.2, 0.25) is 18.2 Å². The topological polar surface area (TPSA) is 123 Å². The average molecular weight is 525 g/mol. The van der Waals surface area contributed by atoms with Crippen LogP contribution < -0.4 is 20.7 Å². The predicted octanol–water partition coefficient (Wildman–Crippen LogP) is 2.42. The van der Waals surface area contributed by atoms with Crippen LogP contribution in [0.2, 0.25) is 0 Å². The Morgan fingerprint density at radius 1 is 1.03 bits per heavy atom. The van der Waals surface area contributed by atoms with Crippen molar-refractivity contribution in [2.45, 2.75) is 43.9 Å². The van der Waals surface area contributed by atoms with Gasteiger partial charge < -0.3 is 35.1 Å². The van der Waals surface area contributed by atoms with Crippen molar-refractivity contribution in [3.8, 4) is 11.5 Å². The number of nitrogens with two attached hydrogens (primary N) is 1. The number of ether oxygens (including phenoxy) is 3. The number of nitrogens with zero attached hydrogens (tertiary/aromatic N) is 2. The Labute approximate surface area is 223 Å². The summed E-state index contributed by atoms with van der Waals surface area (Å²) < 4.78 is 17.4. The van der Waals surface area contributed by atoms with E-state index < -0.39 is 11.8 Å². The monoisotopic (exact) mass is 524 g/mol. The number of carbonyl (C=O) groups is 3. The van der Waals surface area contributed by atoms with Gasteiger partial charge in [0.15, 0.2) is 5.79 Å². The zero-order valence-corrected chi connectivity index (χ0v) is 21.6. The lowest BCUT2D eigenvalue weighted by atomic mass is 10.1. The van der Waals surface area contributed by atoms with Gasteiger partial charge in [-0.1, -0.05) is 31.0 Å². The molecule has 10 nitrogen and oxygen atoms in total. The van der Waals surface area contributed by atoms with Gasteiger partial charge >= 0.3 is 0 Å². The quantitative estimate of drug-likeness (QED) is 0.305. The lowest BCUT2D eigenvalue weighted by Gasteiger charge is -2.26. The number of amides is 3. The summed E-state index contributed by atoms with van der Waals surface area (Å²) in [5.41, 5.74) is 6.07. The van der Waals surface area contributed by atoms with Crippen LogP contribution in [0.5, 0.6) is 11.5 Å². The number of anilines is 1. The van der Waals surface area contributed by atoms with Crippen molar-refractivity contribution in [1.29, 1.82) is 0 Å². The van der Waals surface area contributed by atoms with Crippen molar-refractivity contribution < 1.29 is 28.6 Å². The van der Waals surface area contributed by atoms with E-state index in [0.717, 1.165) is 25.7 Å². The number of carbonyl (C=O) groups excluding carboxylic acids is 3. The minimum atomic E-state index is -0.985. The summed E-state index contributed by atoms with van der Waals surface area (Å²) in [5.74, 6) is -0.286. The Balaban J connectivity index is 1.38. The number of benzene rings is 2. The molecule has 204 valence electrons. The molecule has 0 aromatic heterocycles. The molecular formula is C28H36N4O6. The SMILES string of the molecule is NCCCCCCNC(=O)[C@@H]1CC2(CN1C(=O)CN(C=O)c1ccc(Oc3ccccc3)cc1)OCCO2. The lowest BCUT2D eigenvalue weighted by molar-refractivity contribution is -0.152. The van der Waals surface area contributed by atoms with Crippen LogP contribution in [-0.2, 0) is 23.9 Å². The molecule has 10 heteroatoms. The molecule has 4 rings (SSSR count). The van der Waals surface area contributed by atoms with Gasteiger partial charge in [-0.25, -0.2) is 0 Å². The minimum Gasteiger partial charge on any atom is -0.457 e. The summed E-state index contributed by atoms with van der Waals surface area (Å²) >= 11 is 0. The molecule has 2 heterocycles. The van der Waals surface area contributed by atoms with E-state index >= 15 is 0 Å². The molecule has 2 aliphatic rings. The molecule has 0 bridgehead atoms. The summed E-state index contributed by atoms with van der Waals surface area (Å²) in [4.78, 5) is 41.2. The molecule has 1 spiro atoms. The molecule has 2 aromatic carbocycles. The minimum absolute atomic E-state index is 0.136. The molecule has 0 saturated carbocycles. The van der Waals surface area contributed by atoms with Gasteiger partial charge in [-0.2, -0.15) is 0 Å². The molecule has 2 aromatic rings. The second kappa shape index (κ2) is 13.4. The maximum absolute atomic E-state index is 13.4. The number of unbranched alkanes of at least 4 members (excludes halogenated alkanes) is 3. The van der Waals surface area contributed by atoms with E-state index in [2.05, 4.69) is 5.32 Å². The number of para-hydroxylation sites is 1. The Hall–Kier alpha value is -3.47. The largest absolute Gasteiger partial charge is 0.457 e. The molecule has 1 atom stereocenters. The normalized spacial score (nSPS) is 17.9. The Kier molecular flexibility index (Phi) is 9.69. The molecule has 3 N–H and O–H groups in total. The summed E-state index contributed by atoms with van der Waals surface area (Å²) in [6.45, 7) is 1.93. The standard InChI is InChI=1S/C28H36N4O6/c29-14-6-1-2-7-15-30-27(35)25-18-28(36-16-17-37-28)20-32(25)26(34)19-31(21-33)22-10-12-24(13-11-22)38-23-8-4-3-5-9-23/h3-5,8-13,21,25H,1-2,6-7,14-20,29H2,(H,30,35)/t25-/m0/s1. The van der Waals surface area contributed by atoms with Crippen LogP contribution in [0, 0.1) is 0 Å². The molecule has 2 aliphatic heterocycles. The first-order chi connectivity index (χ1) is 18.5. The second-order valence-electron chi connectivity index (χ2n) is 9.49. The second-order valence-corrected chi connectivity index (χ2v) is 9.49. The van der Waals surface area contributed by atoms with Gasteiger partial charge in [-0.3, -0.25) is 14.4 Å². The smallest absolute Gasteiger partial charge is 0.243 e. The summed E-state index contributed by atoms with van der Waals surface area (Å²) in [6.07, 6.45) is 4.66. The number of likely N-dealkylation sites (tertiary alicyclic amines) is 1. The number of rotatable bonds is 13. The highest BCUT2D eigenvalue weighted by molar-refractivity contribution is 5.93. The lowest BCUT2D eigenvalue weighted by Crippen LogP contribution is -2.49. The number of nitrogens with one attached hydrogen (secondary N) is 1. The maximum Gasteiger partial charge on any atom is 0.243 e. The van der Waals surface area contributed by atoms with Gasteiger partial charge in [0.05, 0.1) is 19.8 Å². The van der Waals surface area contributed by atoms with Crippen molar-refractivity contribution in [2.24, 2.45) is 5.73 Å². The van der Waals surface area contributed by atoms with Gasteiger partial charge in [0, 0.05) is 18.7 Å². The molecule has 2 fully saturated rings. The predicted molar refractivity (Wildman–Crippen MR) is 142 cm³/mol. The first-order valence-electron chi connectivity index (χ1n) is 13.1. The fourth-order valence-electron chi connectivity index (χ4n) is 4.75. The molecular weight excluding hydrogens is 488 g/mol. The average Bonchev–Trinajstić information content (AvgIpc) is 3.57. The van der Waals surface area contributed by atoms with E-state index in [-0.39, 0.29) is 31.3 Å². The van der Waals surface area contributed by atoms with Crippen LogP contribution in [0.25, 0.3) is 0 Å². The number of hydrogen-bond acceptors (Lipinski definition) is 7. The molecule has 0 aliphatic carbocycles. The number of hydrogen-bond donors (Lipinski definition) is 2. The molecule has 38 heavy (non-hydrogen) atoms. The van der Waals surface area contributed by atoms with Crippen molar-refractivity contribution >= 4 is 23.9 Å². The first kappa shape index (κ1) is 27.6. The van der Waals surface area contributed by atoms with Gasteiger partial charge in [0.1, 0.15) is 24.1 Å². The van der Waals surface area contributed by atoms with Crippen molar-refractivity contribution in [3.63, 3.8) is 0 Å². The Morgan fingerprint density at radius 2 is 1.71 bits per heavy atom. The van der Waals surface area contributed by atoms with Crippen LogP contribution in [0.15, 0.2) is 54.6 Å². The van der Waals surface area contributed by atoms with E-state index in [4.69, 9.17) is 19.9 Å².